The first kappa shape index (κ1) is 26.8. The van der Waals surface area contributed by atoms with Crippen LogP contribution in [0.4, 0.5) is 0 Å². The van der Waals surface area contributed by atoms with Crippen LogP contribution in [0.3, 0.4) is 0 Å². The summed E-state index contributed by atoms with van der Waals surface area (Å²) in [4.78, 5) is 0. The lowest BCUT2D eigenvalue weighted by Gasteiger charge is -2.37. The van der Waals surface area contributed by atoms with E-state index in [9.17, 15) is 25.9 Å². The zero-order chi connectivity index (χ0) is 23.7. The van der Waals surface area contributed by atoms with Crippen molar-refractivity contribution in [3.8, 4) is 0 Å². The summed E-state index contributed by atoms with van der Waals surface area (Å²) in [6.07, 6.45) is 14.4. The van der Waals surface area contributed by atoms with Crippen LogP contribution in [0.15, 0.2) is 48.6 Å². The van der Waals surface area contributed by atoms with Gasteiger partial charge in [-0.05, 0) is 17.6 Å². The Labute approximate surface area is 193 Å². The third-order valence-electron chi connectivity index (χ3n) is 6.19. The largest absolute Gasteiger partial charge is 0.285 e. The molecule has 1 aliphatic rings. The minimum absolute atomic E-state index is 0.0898. The van der Waals surface area contributed by atoms with Gasteiger partial charge >= 0.3 is 0 Å². The molecule has 2 N–H and O–H groups in total. The fourth-order valence-electron chi connectivity index (χ4n) is 4.50. The molecule has 0 saturated carbocycles. The van der Waals surface area contributed by atoms with Gasteiger partial charge < -0.3 is 0 Å². The van der Waals surface area contributed by atoms with Gasteiger partial charge in [0, 0.05) is 0 Å². The molecule has 0 spiro atoms. The van der Waals surface area contributed by atoms with Gasteiger partial charge in [-0.1, -0.05) is 120 Å². The Bertz CT molecular complexity index is 981. The lowest BCUT2D eigenvalue weighted by Crippen LogP contribution is -2.52. The van der Waals surface area contributed by atoms with E-state index in [0.717, 1.165) is 25.7 Å². The standard InChI is InChI=1S/C24H36O6S2/c1-2-3-4-5-6-7-8-9-10-14-19-24(32(28,29)30)20-15-18-22(23(24)31(25,26)27)21-16-12-11-13-17-21/h11-13,15-18,20,23H,2-10,14,19H2,1H3,(H,25,26,27)(H,28,29,30). The maximum atomic E-state index is 12.5. The third-order valence-corrected chi connectivity index (χ3v) is 9.14. The molecule has 0 fully saturated rings. The minimum atomic E-state index is -4.84. The monoisotopic (exact) mass is 484 g/mol. The molecule has 1 aromatic carbocycles. The van der Waals surface area contributed by atoms with Crippen LogP contribution in [0.25, 0.3) is 5.57 Å². The quantitative estimate of drug-likeness (QED) is 0.254. The Balaban J connectivity index is 2.12. The van der Waals surface area contributed by atoms with E-state index in [4.69, 9.17) is 0 Å². The second-order valence-corrected chi connectivity index (χ2v) is 11.8. The van der Waals surface area contributed by atoms with Gasteiger partial charge in [-0.25, -0.2) is 0 Å². The van der Waals surface area contributed by atoms with Crippen LogP contribution in [0.1, 0.15) is 83.1 Å². The maximum Gasteiger partial charge on any atom is 0.276 e. The Morgan fingerprint density at radius 2 is 1.34 bits per heavy atom. The summed E-state index contributed by atoms with van der Waals surface area (Å²) >= 11 is 0. The number of allylic oxidation sites excluding steroid dienone is 2. The molecule has 0 aromatic heterocycles. The molecule has 0 bridgehead atoms. The van der Waals surface area contributed by atoms with Crippen molar-refractivity contribution >= 4 is 25.8 Å². The Kier molecular flexibility index (Phi) is 10.1. The summed E-state index contributed by atoms with van der Waals surface area (Å²) in [5.74, 6) is 0. The molecule has 2 unspecified atom stereocenters. The van der Waals surface area contributed by atoms with Crippen molar-refractivity contribution in [3.05, 3.63) is 54.1 Å². The first-order valence-electron chi connectivity index (χ1n) is 11.5. The second-order valence-electron chi connectivity index (χ2n) is 8.60. The number of hydrogen-bond acceptors (Lipinski definition) is 4. The van der Waals surface area contributed by atoms with E-state index in [1.54, 1.807) is 30.3 Å². The predicted molar refractivity (Wildman–Crippen MR) is 130 cm³/mol. The van der Waals surface area contributed by atoms with Crippen LogP contribution >= 0.6 is 0 Å². The van der Waals surface area contributed by atoms with E-state index < -0.39 is 30.2 Å². The average Bonchev–Trinajstić information content (AvgIpc) is 2.74. The van der Waals surface area contributed by atoms with Gasteiger partial charge in [-0.3, -0.25) is 9.11 Å². The van der Waals surface area contributed by atoms with Gasteiger partial charge in [0.1, 0.15) is 10.00 Å². The topological polar surface area (TPSA) is 109 Å². The van der Waals surface area contributed by atoms with Gasteiger partial charge in [0.2, 0.25) is 0 Å². The summed E-state index contributed by atoms with van der Waals surface area (Å²) in [5.41, 5.74) is 0.635. The molecular formula is C24H36O6S2. The molecular weight excluding hydrogens is 448 g/mol. The molecule has 0 aliphatic heterocycles. The number of benzene rings is 1. The van der Waals surface area contributed by atoms with Crippen LogP contribution in [-0.4, -0.2) is 35.9 Å². The number of hydrogen-bond donors (Lipinski definition) is 2. The van der Waals surface area contributed by atoms with Crippen molar-refractivity contribution in [2.24, 2.45) is 0 Å². The Morgan fingerprint density at radius 1 is 0.812 bits per heavy atom. The van der Waals surface area contributed by atoms with Crippen molar-refractivity contribution in [1.29, 1.82) is 0 Å². The summed E-state index contributed by atoms with van der Waals surface area (Å²) in [6.45, 7) is 2.19. The molecule has 2 atom stereocenters. The van der Waals surface area contributed by atoms with Gasteiger partial charge in [-0.15, -0.1) is 0 Å². The highest BCUT2D eigenvalue weighted by molar-refractivity contribution is 7.91. The number of rotatable bonds is 14. The van der Waals surface area contributed by atoms with E-state index in [-0.39, 0.29) is 12.0 Å². The normalized spacial score (nSPS) is 21.5. The van der Waals surface area contributed by atoms with Gasteiger partial charge in [-0.2, -0.15) is 16.8 Å². The van der Waals surface area contributed by atoms with Crippen LogP contribution in [0, 0.1) is 0 Å². The fourth-order valence-corrected chi connectivity index (χ4v) is 7.51. The molecule has 6 nitrogen and oxygen atoms in total. The van der Waals surface area contributed by atoms with Gasteiger partial charge in [0.05, 0.1) is 0 Å². The lowest BCUT2D eigenvalue weighted by molar-refractivity contribution is 0.411. The molecule has 1 aliphatic carbocycles. The summed E-state index contributed by atoms with van der Waals surface area (Å²) in [7, 11) is -9.67. The van der Waals surface area contributed by atoms with E-state index in [1.165, 1.54) is 50.3 Å². The van der Waals surface area contributed by atoms with Crippen LogP contribution < -0.4 is 0 Å². The molecule has 0 amide bonds. The molecule has 0 heterocycles. The third kappa shape index (κ3) is 7.01. The van der Waals surface area contributed by atoms with E-state index >= 15 is 0 Å². The average molecular weight is 485 g/mol. The highest BCUT2D eigenvalue weighted by Crippen LogP contribution is 2.43. The van der Waals surface area contributed by atoms with Crippen LogP contribution in [-0.2, 0) is 20.2 Å². The fraction of sp³-hybridized carbons (Fsp3) is 0.583. The molecule has 0 radical (unpaired) electrons. The van der Waals surface area contributed by atoms with Crippen LogP contribution in [0.2, 0.25) is 0 Å². The molecule has 1 aromatic rings. The minimum Gasteiger partial charge on any atom is -0.285 e. The summed E-state index contributed by atoms with van der Waals surface area (Å²) < 4.78 is 68.0. The first-order chi connectivity index (χ1) is 15.1. The zero-order valence-corrected chi connectivity index (χ0v) is 20.5. The molecule has 32 heavy (non-hydrogen) atoms. The second kappa shape index (κ2) is 12.1. The van der Waals surface area contributed by atoms with Crippen molar-refractivity contribution in [2.45, 2.75) is 87.5 Å². The van der Waals surface area contributed by atoms with Gasteiger partial charge in [0.15, 0.2) is 0 Å². The maximum absolute atomic E-state index is 12.5. The van der Waals surface area contributed by atoms with Gasteiger partial charge in [0.25, 0.3) is 20.2 Å². The Morgan fingerprint density at radius 3 is 1.84 bits per heavy atom. The summed E-state index contributed by atoms with van der Waals surface area (Å²) in [5, 5.41) is -1.80. The van der Waals surface area contributed by atoms with E-state index in [1.807, 2.05) is 0 Å². The van der Waals surface area contributed by atoms with Crippen molar-refractivity contribution in [2.75, 3.05) is 0 Å². The Hall–Kier alpha value is -1.48. The highest BCUT2D eigenvalue weighted by atomic mass is 32.2. The number of unbranched alkanes of at least 4 members (excludes halogenated alkanes) is 9. The summed E-state index contributed by atoms with van der Waals surface area (Å²) in [6, 6.07) is 8.46. The molecule has 180 valence electrons. The molecule has 8 heteroatoms. The predicted octanol–water partition coefficient (Wildman–Crippen LogP) is 5.83. The SMILES string of the molecule is CCCCCCCCCCCCC1(S(=O)(=O)O)C=CC=C(c2ccccc2)C1S(=O)(=O)O. The zero-order valence-electron chi connectivity index (χ0n) is 18.8. The molecule has 0 saturated heterocycles. The van der Waals surface area contributed by atoms with Crippen molar-refractivity contribution in [1.82, 2.24) is 0 Å². The van der Waals surface area contributed by atoms with E-state index in [0.29, 0.717) is 12.0 Å². The smallest absolute Gasteiger partial charge is 0.276 e. The highest BCUT2D eigenvalue weighted by Gasteiger charge is 2.55. The lowest BCUT2D eigenvalue weighted by atomic mass is 9.85. The first-order valence-corrected chi connectivity index (χ1v) is 14.5. The van der Waals surface area contributed by atoms with Crippen molar-refractivity contribution in [3.63, 3.8) is 0 Å². The molecule has 2 rings (SSSR count). The van der Waals surface area contributed by atoms with E-state index in [2.05, 4.69) is 6.92 Å². The van der Waals surface area contributed by atoms with Crippen molar-refractivity contribution < 1.29 is 25.9 Å². The van der Waals surface area contributed by atoms with Crippen LogP contribution in [0.5, 0.6) is 0 Å².